The fourth-order valence-corrected chi connectivity index (χ4v) is 5.87. The van der Waals surface area contributed by atoms with Crippen LogP contribution < -0.4 is 5.32 Å². The number of nitrogens with one attached hydrogen (secondary N) is 1. The summed E-state index contributed by atoms with van der Waals surface area (Å²) in [5.74, 6) is -0.525. The predicted molar refractivity (Wildman–Crippen MR) is 143 cm³/mol. The Bertz CT molecular complexity index is 1650. The lowest BCUT2D eigenvalue weighted by molar-refractivity contribution is -0.141. The van der Waals surface area contributed by atoms with E-state index in [1.165, 1.54) is 46.8 Å². The molecule has 0 saturated carbocycles. The molecule has 4 aromatic rings. The standard InChI is InChI=1S/C27H22ClF3N4O4S/c28-22-6-1-2-7-23(22)35-24(17-25(33-35)27(29,30)31)18-8-10-19(11-9-18)26(36)32-20-4-3-5-21(16-20)40(37,38)34-12-14-39-15-13-34/h1-11,16-17H,12-15H2,(H,32,36). The number of rotatable bonds is 6. The van der Waals surface area contributed by atoms with Crippen LogP contribution in [0.4, 0.5) is 18.9 Å². The molecule has 1 saturated heterocycles. The summed E-state index contributed by atoms with van der Waals surface area (Å²) >= 11 is 6.23. The van der Waals surface area contributed by atoms with Gasteiger partial charge in [0.05, 0.1) is 34.5 Å². The number of hydrogen-bond acceptors (Lipinski definition) is 5. The van der Waals surface area contributed by atoms with Crippen LogP contribution in [0.25, 0.3) is 16.9 Å². The third kappa shape index (κ3) is 5.75. The Morgan fingerprint density at radius 1 is 0.950 bits per heavy atom. The van der Waals surface area contributed by atoms with Gasteiger partial charge >= 0.3 is 6.18 Å². The second-order valence-electron chi connectivity index (χ2n) is 8.85. The second-order valence-corrected chi connectivity index (χ2v) is 11.2. The molecule has 1 aliphatic rings. The van der Waals surface area contributed by atoms with Crippen LogP contribution in [0, 0.1) is 0 Å². The number of benzene rings is 3. The number of halogens is 4. The van der Waals surface area contributed by atoms with Gasteiger partial charge in [-0.3, -0.25) is 4.79 Å². The van der Waals surface area contributed by atoms with Crippen molar-refractivity contribution in [3.63, 3.8) is 0 Å². The molecular formula is C27H22ClF3N4O4S. The molecule has 0 bridgehead atoms. The molecule has 0 unspecified atom stereocenters. The summed E-state index contributed by atoms with van der Waals surface area (Å²) in [6.45, 7) is 1.10. The first-order valence-corrected chi connectivity index (χ1v) is 13.9. The van der Waals surface area contributed by atoms with E-state index >= 15 is 0 Å². The van der Waals surface area contributed by atoms with E-state index in [2.05, 4.69) is 10.4 Å². The van der Waals surface area contributed by atoms with Gasteiger partial charge in [-0.05, 0) is 48.5 Å². The second kappa shape index (κ2) is 11.0. The summed E-state index contributed by atoms with van der Waals surface area (Å²) in [4.78, 5) is 13.0. The van der Waals surface area contributed by atoms with Crippen molar-refractivity contribution in [3.8, 4) is 16.9 Å². The van der Waals surface area contributed by atoms with E-state index < -0.39 is 27.8 Å². The first-order chi connectivity index (χ1) is 19.0. The first kappa shape index (κ1) is 27.8. The lowest BCUT2D eigenvalue weighted by atomic mass is 10.1. The molecule has 208 valence electrons. The summed E-state index contributed by atoms with van der Waals surface area (Å²) < 4.78 is 74.0. The normalized spacial score (nSPS) is 14.7. The zero-order valence-corrected chi connectivity index (χ0v) is 22.3. The van der Waals surface area contributed by atoms with E-state index in [4.69, 9.17) is 16.3 Å². The minimum Gasteiger partial charge on any atom is -0.379 e. The van der Waals surface area contributed by atoms with Gasteiger partial charge in [0.2, 0.25) is 10.0 Å². The molecule has 0 aliphatic carbocycles. The van der Waals surface area contributed by atoms with Gasteiger partial charge in [-0.1, -0.05) is 41.9 Å². The molecule has 1 N–H and O–H groups in total. The molecule has 0 spiro atoms. The predicted octanol–water partition coefficient (Wildman–Crippen LogP) is 5.48. The van der Waals surface area contributed by atoms with Crippen LogP contribution in [-0.4, -0.2) is 54.7 Å². The van der Waals surface area contributed by atoms with Crippen LogP contribution in [0.15, 0.2) is 83.8 Å². The van der Waals surface area contributed by atoms with Gasteiger partial charge < -0.3 is 10.1 Å². The number of anilines is 1. The fraction of sp³-hybridized carbons (Fsp3) is 0.185. The van der Waals surface area contributed by atoms with E-state index in [0.29, 0.717) is 18.8 Å². The van der Waals surface area contributed by atoms with Crippen molar-refractivity contribution in [1.29, 1.82) is 0 Å². The zero-order valence-electron chi connectivity index (χ0n) is 20.7. The Morgan fingerprint density at radius 2 is 1.65 bits per heavy atom. The van der Waals surface area contributed by atoms with Gasteiger partial charge in [0.15, 0.2) is 5.69 Å². The minimum absolute atomic E-state index is 0.0378. The van der Waals surface area contributed by atoms with Gasteiger partial charge in [-0.25, -0.2) is 13.1 Å². The first-order valence-electron chi connectivity index (χ1n) is 12.1. The van der Waals surface area contributed by atoms with Crippen molar-refractivity contribution in [2.24, 2.45) is 0 Å². The van der Waals surface area contributed by atoms with Gasteiger partial charge in [-0.2, -0.15) is 22.6 Å². The number of sulfonamides is 1. The van der Waals surface area contributed by atoms with Gasteiger partial charge in [0.1, 0.15) is 0 Å². The van der Waals surface area contributed by atoms with E-state index in [1.54, 1.807) is 30.3 Å². The Kier molecular flexibility index (Phi) is 7.69. The maximum absolute atomic E-state index is 13.5. The summed E-state index contributed by atoms with van der Waals surface area (Å²) in [5.41, 5.74) is 0.172. The monoisotopic (exact) mass is 590 g/mol. The van der Waals surface area contributed by atoms with Crippen molar-refractivity contribution >= 4 is 33.2 Å². The fourth-order valence-electron chi connectivity index (χ4n) is 4.20. The number of amides is 1. The Hall–Kier alpha value is -3.71. The number of carbonyl (C=O) groups excluding carboxylic acids is 1. The molecule has 8 nitrogen and oxygen atoms in total. The minimum atomic E-state index is -4.68. The molecule has 40 heavy (non-hydrogen) atoms. The number of hydrogen-bond donors (Lipinski definition) is 1. The summed E-state index contributed by atoms with van der Waals surface area (Å²) in [7, 11) is -3.76. The molecule has 1 aromatic heterocycles. The van der Waals surface area contributed by atoms with Crippen molar-refractivity contribution < 1.29 is 31.1 Å². The topological polar surface area (TPSA) is 93.5 Å². The molecule has 0 radical (unpaired) electrons. The molecule has 3 aromatic carbocycles. The highest BCUT2D eigenvalue weighted by atomic mass is 35.5. The van der Waals surface area contributed by atoms with Crippen LogP contribution in [0.5, 0.6) is 0 Å². The SMILES string of the molecule is O=C(Nc1cccc(S(=O)(=O)N2CCOCC2)c1)c1ccc(-c2cc(C(F)(F)F)nn2-c2ccccc2Cl)cc1. The third-order valence-electron chi connectivity index (χ3n) is 6.22. The van der Waals surface area contributed by atoms with Crippen LogP contribution >= 0.6 is 11.6 Å². The highest BCUT2D eigenvalue weighted by Gasteiger charge is 2.35. The molecule has 5 rings (SSSR count). The van der Waals surface area contributed by atoms with Crippen molar-refractivity contribution in [2.75, 3.05) is 31.6 Å². The van der Waals surface area contributed by atoms with Gasteiger partial charge in [0.25, 0.3) is 5.91 Å². The van der Waals surface area contributed by atoms with E-state index in [9.17, 15) is 26.4 Å². The van der Waals surface area contributed by atoms with E-state index in [1.807, 2.05) is 0 Å². The molecule has 0 atom stereocenters. The molecule has 1 aliphatic heterocycles. The van der Waals surface area contributed by atoms with E-state index in [0.717, 1.165) is 10.7 Å². The number of alkyl halides is 3. The summed E-state index contributed by atoms with van der Waals surface area (Å²) in [6, 6.07) is 19.1. The smallest absolute Gasteiger partial charge is 0.379 e. The summed E-state index contributed by atoms with van der Waals surface area (Å²) in [5, 5.41) is 6.62. The van der Waals surface area contributed by atoms with Gasteiger partial charge in [0, 0.05) is 29.9 Å². The number of ether oxygens (including phenoxy) is 1. The number of nitrogens with zero attached hydrogens (tertiary/aromatic N) is 3. The molecule has 1 amide bonds. The van der Waals surface area contributed by atoms with Gasteiger partial charge in [-0.15, -0.1) is 0 Å². The zero-order chi connectivity index (χ0) is 28.5. The maximum Gasteiger partial charge on any atom is 0.435 e. The van der Waals surface area contributed by atoms with Crippen molar-refractivity contribution in [3.05, 3.63) is 95.1 Å². The quantitative estimate of drug-likeness (QED) is 0.321. The molecule has 13 heteroatoms. The Labute approximate surface area is 233 Å². The third-order valence-corrected chi connectivity index (χ3v) is 8.44. The number of para-hydroxylation sites is 1. The van der Waals surface area contributed by atoms with Crippen molar-refractivity contribution in [1.82, 2.24) is 14.1 Å². The maximum atomic E-state index is 13.5. The van der Waals surface area contributed by atoms with Crippen LogP contribution in [0.1, 0.15) is 16.1 Å². The number of carbonyl (C=O) groups is 1. The van der Waals surface area contributed by atoms with Crippen LogP contribution in [-0.2, 0) is 20.9 Å². The molecular weight excluding hydrogens is 569 g/mol. The Balaban J connectivity index is 1.39. The Morgan fingerprint density at radius 3 is 2.33 bits per heavy atom. The lowest BCUT2D eigenvalue weighted by Crippen LogP contribution is -2.40. The highest BCUT2D eigenvalue weighted by Crippen LogP contribution is 2.34. The van der Waals surface area contributed by atoms with Crippen LogP contribution in [0.3, 0.4) is 0 Å². The molecule has 1 fully saturated rings. The number of morpholine rings is 1. The van der Waals surface area contributed by atoms with Crippen LogP contribution in [0.2, 0.25) is 5.02 Å². The number of aromatic nitrogens is 2. The average molecular weight is 591 g/mol. The average Bonchev–Trinajstić information content (AvgIpc) is 3.40. The van der Waals surface area contributed by atoms with Crippen molar-refractivity contribution in [2.45, 2.75) is 11.1 Å². The van der Waals surface area contributed by atoms with E-state index in [-0.39, 0.29) is 45.6 Å². The highest BCUT2D eigenvalue weighted by molar-refractivity contribution is 7.89. The summed E-state index contributed by atoms with van der Waals surface area (Å²) in [6.07, 6.45) is -4.68. The molecule has 2 heterocycles. The largest absolute Gasteiger partial charge is 0.435 e. The lowest BCUT2D eigenvalue weighted by Gasteiger charge is -2.26.